The molecule has 0 radical (unpaired) electrons. The van der Waals surface area contributed by atoms with E-state index >= 15 is 0 Å². The second-order valence-electron chi connectivity index (χ2n) is 3.73. The van der Waals surface area contributed by atoms with E-state index in [4.69, 9.17) is 62.4 Å². The Hall–Kier alpha value is -0.310. The highest BCUT2D eigenvalue weighted by atomic mass is 35.5. The molecular weight excluding hydrogens is 343 g/mol. The molecule has 0 saturated carbocycles. The minimum absolute atomic E-state index is 0.266. The first-order valence-electron chi connectivity index (χ1n) is 4.84. The summed E-state index contributed by atoms with van der Waals surface area (Å²) in [7, 11) is 0. The molecule has 1 nitrogen and oxygen atoms in total. The molecule has 0 amide bonds. The molecule has 0 saturated heterocycles. The fraction of sp³-hybridized carbons (Fsp3) is 0. The lowest BCUT2D eigenvalue weighted by molar-refractivity contribution is 0.669. The molecule has 2 aromatic carbocycles. The van der Waals surface area contributed by atoms with Gasteiger partial charge in [-0.2, -0.15) is 0 Å². The zero-order valence-electron chi connectivity index (χ0n) is 8.53. The van der Waals surface area contributed by atoms with E-state index in [0.29, 0.717) is 26.2 Å². The lowest BCUT2D eigenvalue weighted by Gasteiger charge is -1.99. The maximum atomic E-state index is 6.11. The molecule has 0 aliphatic carbocycles. The zero-order chi connectivity index (χ0) is 13.0. The van der Waals surface area contributed by atoms with E-state index in [2.05, 4.69) is 0 Å². The van der Waals surface area contributed by atoms with E-state index in [1.165, 1.54) is 0 Å². The standard InChI is InChI=1S/C12H3Cl5O/c13-6-1-4-5-2-8(15)10(16)11(17)12(5)18-9(4)3-7(6)14/h1-3H/i2+1,5+1,8+1,10+1,11+1,12+1. The van der Waals surface area contributed by atoms with E-state index in [0.717, 1.165) is 10.8 Å². The molecule has 0 N–H and O–H groups in total. The van der Waals surface area contributed by atoms with Crippen LogP contribution in [0.5, 0.6) is 0 Å². The first kappa shape index (κ1) is 12.7. The van der Waals surface area contributed by atoms with Crippen LogP contribution in [0.15, 0.2) is 22.6 Å². The summed E-state index contributed by atoms with van der Waals surface area (Å²) in [6.07, 6.45) is 0. The van der Waals surface area contributed by atoms with Crippen molar-refractivity contribution in [3.8, 4) is 0 Å². The second-order valence-corrected chi connectivity index (χ2v) is 5.71. The molecule has 1 aromatic heterocycles. The summed E-state index contributed by atoms with van der Waals surface area (Å²) in [5, 5.41) is 3.31. The SMILES string of the molecule is Clc1cc2o[13c]3[13c](Cl)[13c](Cl)[13c](Cl)[13cH][13c]3c2cc1Cl. The Morgan fingerprint density at radius 1 is 0.667 bits per heavy atom. The van der Waals surface area contributed by atoms with Crippen LogP contribution < -0.4 is 0 Å². The van der Waals surface area contributed by atoms with E-state index in [1.807, 2.05) is 0 Å². The summed E-state index contributed by atoms with van der Waals surface area (Å²) in [5.74, 6) is 0. The molecular formula is C12H3Cl5O. The van der Waals surface area contributed by atoms with Gasteiger partial charge in [0.15, 0.2) is 5.58 Å². The van der Waals surface area contributed by atoms with Gasteiger partial charge in [-0.1, -0.05) is 58.0 Å². The molecule has 0 aliphatic rings. The Balaban J connectivity index is 2.56. The summed E-state index contributed by atoms with van der Waals surface area (Å²) < 4.78 is 5.64. The van der Waals surface area contributed by atoms with Gasteiger partial charge in [0.1, 0.15) is 10.6 Å². The lowest BCUT2D eigenvalue weighted by Crippen LogP contribution is -1.74. The van der Waals surface area contributed by atoms with Gasteiger partial charge in [-0.15, -0.1) is 0 Å². The van der Waals surface area contributed by atoms with Crippen LogP contribution in [0.3, 0.4) is 0 Å². The van der Waals surface area contributed by atoms with Gasteiger partial charge in [-0.3, -0.25) is 0 Å². The number of benzene rings is 2. The zero-order valence-corrected chi connectivity index (χ0v) is 12.3. The van der Waals surface area contributed by atoms with Crippen molar-refractivity contribution in [2.75, 3.05) is 0 Å². The van der Waals surface area contributed by atoms with Crippen molar-refractivity contribution in [2.24, 2.45) is 0 Å². The quantitative estimate of drug-likeness (QED) is 0.406. The van der Waals surface area contributed by atoms with Crippen molar-refractivity contribution >= 4 is 79.9 Å². The van der Waals surface area contributed by atoms with E-state index in [-0.39, 0.29) is 10.0 Å². The molecule has 0 fully saturated rings. The minimum Gasteiger partial charge on any atom is -0.454 e. The van der Waals surface area contributed by atoms with Gasteiger partial charge in [-0.05, 0) is 12.1 Å². The van der Waals surface area contributed by atoms with Crippen molar-refractivity contribution in [2.45, 2.75) is 0 Å². The molecule has 0 bridgehead atoms. The molecule has 6 heteroatoms. The van der Waals surface area contributed by atoms with Crippen LogP contribution in [-0.4, -0.2) is 0 Å². The minimum atomic E-state index is 0.266. The molecule has 0 aliphatic heterocycles. The maximum absolute atomic E-state index is 6.11. The first-order valence-corrected chi connectivity index (χ1v) is 6.73. The number of furan rings is 1. The Morgan fingerprint density at radius 2 is 1.28 bits per heavy atom. The first-order chi connectivity index (χ1) is 8.49. The second kappa shape index (κ2) is 4.36. The third-order valence-electron chi connectivity index (χ3n) is 2.64. The molecule has 3 rings (SSSR count). The predicted molar refractivity (Wildman–Crippen MR) is 78.8 cm³/mol. The summed E-state index contributed by atoms with van der Waals surface area (Å²) >= 11 is 30.0. The highest BCUT2D eigenvalue weighted by molar-refractivity contribution is 6.51. The van der Waals surface area contributed by atoms with E-state index in [1.54, 1.807) is 18.2 Å². The largest absolute Gasteiger partial charge is 0.454 e. The molecule has 1 heterocycles. The van der Waals surface area contributed by atoms with Crippen molar-refractivity contribution in [1.82, 2.24) is 0 Å². The normalized spacial score (nSPS) is 11.6. The molecule has 0 unspecified atom stereocenters. The monoisotopic (exact) mass is 344 g/mol. The number of halogens is 5. The van der Waals surface area contributed by atoms with Crippen LogP contribution in [0.25, 0.3) is 21.9 Å². The molecule has 3 aromatic rings. The molecule has 0 atom stereocenters. The predicted octanol–water partition coefficient (Wildman–Crippen LogP) is 6.85. The summed E-state index contributed by atoms with van der Waals surface area (Å²) in [4.78, 5) is 0. The van der Waals surface area contributed by atoms with Gasteiger partial charge in [0.2, 0.25) is 0 Å². The van der Waals surface area contributed by atoms with Crippen LogP contribution in [0.4, 0.5) is 0 Å². The number of hydrogen-bond donors (Lipinski definition) is 0. The number of rotatable bonds is 0. The van der Waals surface area contributed by atoms with Gasteiger partial charge >= 0.3 is 0 Å². The summed E-state index contributed by atoms with van der Waals surface area (Å²) in [5.41, 5.74) is 1.05. The molecule has 92 valence electrons. The van der Waals surface area contributed by atoms with Gasteiger partial charge in [0, 0.05) is 16.8 Å². The average Bonchev–Trinajstić information content (AvgIpc) is 2.66. The van der Waals surface area contributed by atoms with Gasteiger partial charge in [0.05, 0.1) is 20.1 Å². The van der Waals surface area contributed by atoms with Crippen LogP contribution in [-0.2, 0) is 0 Å². The van der Waals surface area contributed by atoms with Gasteiger partial charge in [-0.25, -0.2) is 0 Å². The lowest BCUT2D eigenvalue weighted by atomic mass is 10.3. The fourth-order valence-corrected chi connectivity index (χ4v) is 2.76. The average molecular weight is 346 g/mol. The van der Waals surface area contributed by atoms with Crippen molar-refractivity contribution in [3.63, 3.8) is 0 Å². The van der Waals surface area contributed by atoms with E-state index in [9.17, 15) is 0 Å². The third-order valence-corrected chi connectivity index (χ3v) is 4.61. The van der Waals surface area contributed by atoms with Gasteiger partial charge < -0.3 is 4.42 Å². The Morgan fingerprint density at radius 3 is 2.00 bits per heavy atom. The van der Waals surface area contributed by atoms with Crippen LogP contribution in [0.2, 0.25) is 25.1 Å². The van der Waals surface area contributed by atoms with Crippen molar-refractivity contribution in [3.05, 3.63) is 43.3 Å². The topological polar surface area (TPSA) is 13.1 Å². The Labute approximate surface area is 127 Å². The highest BCUT2D eigenvalue weighted by Crippen LogP contribution is 2.42. The van der Waals surface area contributed by atoms with E-state index < -0.39 is 0 Å². The highest BCUT2D eigenvalue weighted by Gasteiger charge is 2.16. The van der Waals surface area contributed by atoms with Crippen molar-refractivity contribution in [1.29, 1.82) is 0 Å². The number of fused-ring (bicyclic) bond motifs is 3. The van der Waals surface area contributed by atoms with Crippen LogP contribution >= 0.6 is 58.0 Å². The van der Waals surface area contributed by atoms with Crippen molar-refractivity contribution < 1.29 is 4.42 Å². The third kappa shape index (κ3) is 1.77. The van der Waals surface area contributed by atoms with Crippen LogP contribution in [0, 0.1) is 0 Å². The maximum Gasteiger partial charge on any atom is 0.155 e. The Kier molecular flexibility index (Phi) is 3.08. The summed E-state index contributed by atoms with van der Waals surface area (Å²) in [6, 6.07) is 5.05. The summed E-state index contributed by atoms with van der Waals surface area (Å²) in [6.45, 7) is 0. The Bertz CT molecular complexity index is 790. The fourth-order valence-electron chi connectivity index (χ4n) is 1.81. The molecule has 0 spiro atoms. The smallest absolute Gasteiger partial charge is 0.155 e. The van der Waals surface area contributed by atoms with Gasteiger partial charge in [0.25, 0.3) is 0 Å². The molecule has 18 heavy (non-hydrogen) atoms. The number of hydrogen-bond acceptors (Lipinski definition) is 1. The van der Waals surface area contributed by atoms with Crippen LogP contribution in [0.1, 0.15) is 0 Å².